The minimum absolute atomic E-state index is 0.778. The summed E-state index contributed by atoms with van der Waals surface area (Å²) in [5.41, 5.74) is 1.12. The lowest BCUT2D eigenvalue weighted by Gasteiger charge is -2.00. The summed E-state index contributed by atoms with van der Waals surface area (Å²) in [6, 6.07) is 6.03. The molecule has 0 saturated carbocycles. The quantitative estimate of drug-likeness (QED) is 0.778. The third kappa shape index (κ3) is 2.97. The topological polar surface area (TPSA) is 43.0 Å². The van der Waals surface area contributed by atoms with E-state index in [9.17, 15) is 0 Å². The van der Waals surface area contributed by atoms with E-state index in [1.807, 2.05) is 43.0 Å². The number of nitrogens with one attached hydrogen (secondary N) is 1. The third-order valence-corrected chi connectivity index (χ3v) is 2.42. The van der Waals surface area contributed by atoms with E-state index >= 15 is 0 Å². The summed E-state index contributed by atoms with van der Waals surface area (Å²) < 4.78 is 7.28. The van der Waals surface area contributed by atoms with Crippen LogP contribution < -0.4 is 5.32 Å². The second kappa shape index (κ2) is 4.99. The molecule has 1 N–H and O–H groups in total. The fourth-order valence-electron chi connectivity index (χ4n) is 1.60. The number of rotatable bonds is 5. The van der Waals surface area contributed by atoms with Crippen LogP contribution in [0.25, 0.3) is 0 Å². The first-order valence-electron chi connectivity index (χ1n) is 5.48. The van der Waals surface area contributed by atoms with Crippen molar-refractivity contribution in [3.8, 4) is 0 Å². The average Bonchev–Trinajstić information content (AvgIpc) is 2.83. The van der Waals surface area contributed by atoms with E-state index in [2.05, 4.69) is 10.4 Å². The summed E-state index contributed by atoms with van der Waals surface area (Å²) in [7, 11) is 1.93. The van der Waals surface area contributed by atoms with Crippen molar-refractivity contribution in [3.63, 3.8) is 0 Å². The zero-order chi connectivity index (χ0) is 11.4. The molecule has 0 aliphatic carbocycles. The van der Waals surface area contributed by atoms with Gasteiger partial charge in [0.2, 0.25) is 0 Å². The second-order valence-electron chi connectivity index (χ2n) is 3.92. The van der Waals surface area contributed by atoms with Gasteiger partial charge >= 0.3 is 0 Å². The van der Waals surface area contributed by atoms with E-state index in [1.165, 1.54) is 0 Å². The minimum atomic E-state index is 0.778. The molecule has 0 fully saturated rings. The van der Waals surface area contributed by atoms with Gasteiger partial charge in [0, 0.05) is 26.2 Å². The first-order valence-corrected chi connectivity index (χ1v) is 5.48. The number of furan rings is 1. The molecule has 4 nitrogen and oxygen atoms in total. The molecule has 0 unspecified atom stereocenters. The molecule has 2 rings (SSSR count). The van der Waals surface area contributed by atoms with Crippen molar-refractivity contribution in [2.45, 2.75) is 19.9 Å². The van der Waals surface area contributed by atoms with Gasteiger partial charge in [-0.15, -0.1) is 0 Å². The molecule has 0 aromatic carbocycles. The Bertz CT molecular complexity index is 402. The van der Waals surface area contributed by atoms with Crippen LogP contribution in [0.3, 0.4) is 0 Å². The molecule has 0 amide bonds. The van der Waals surface area contributed by atoms with Gasteiger partial charge in [-0.2, -0.15) is 5.10 Å². The number of hydrogen-bond donors (Lipinski definition) is 1. The zero-order valence-electron chi connectivity index (χ0n) is 9.73. The van der Waals surface area contributed by atoms with Crippen molar-refractivity contribution in [2.24, 2.45) is 7.05 Å². The Balaban J connectivity index is 1.69. The molecule has 0 atom stereocenters. The van der Waals surface area contributed by atoms with Gasteiger partial charge in [-0.05, 0) is 25.1 Å². The van der Waals surface area contributed by atoms with Crippen LogP contribution in [0.1, 0.15) is 17.2 Å². The Hall–Kier alpha value is -1.55. The third-order valence-electron chi connectivity index (χ3n) is 2.42. The molecule has 0 spiro atoms. The Labute approximate surface area is 95.3 Å². The van der Waals surface area contributed by atoms with Gasteiger partial charge in [-0.3, -0.25) is 4.68 Å². The van der Waals surface area contributed by atoms with Crippen molar-refractivity contribution in [3.05, 3.63) is 41.6 Å². The standard InChI is InChI=1S/C12H17N3O/c1-10-3-4-12(16-10)9-13-7-5-11-6-8-15(2)14-11/h3-4,6,8,13H,5,7,9H2,1-2H3. The van der Waals surface area contributed by atoms with Crippen LogP contribution >= 0.6 is 0 Å². The summed E-state index contributed by atoms with van der Waals surface area (Å²) >= 11 is 0. The number of nitrogens with zero attached hydrogens (tertiary/aromatic N) is 2. The summed E-state index contributed by atoms with van der Waals surface area (Å²) in [4.78, 5) is 0. The second-order valence-corrected chi connectivity index (χ2v) is 3.92. The molecule has 2 aromatic rings. The van der Waals surface area contributed by atoms with Crippen molar-refractivity contribution in [1.29, 1.82) is 0 Å². The van der Waals surface area contributed by atoms with E-state index in [4.69, 9.17) is 4.42 Å². The number of hydrogen-bond acceptors (Lipinski definition) is 3. The molecule has 16 heavy (non-hydrogen) atoms. The lowest BCUT2D eigenvalue weighted by atomic mass is 10.3. The van der Waals surface area contributed by atoms with Gasteiger partial charge in [0.25, 0.3) is 0 Å². The lowest BCUT2D eigenvalue weighted by molar-refractivity contribution is 0.462. The molecular weight excluding hydrogens is 202 g/mol. The highest BCUT2D eigenvalue weighted by atomic mass is 16.3. The van der Waals surface area contributed by atoms with E-state index in [0.29, 0.717) is 0 Å². The average molecular weight is 219 g/mol. The van der Waals surface area contributed by atoms with Crippen LogP contribution in [0.4, 0.5) is 0 Å². The van der Waals surface area contributed by atoms with Crippen LogP contribution in [0.15, 0.2) is 28.8 Å². The van der Waals surface area contributed by atoms with Crippen LogP contribution in [0, 0.1) is 6.92 Å². The predicted molar refractivity (Wildman–Crippen MR) is 62.1 cm³/mol. The Morgan fingerprint density at radius 3 is 2.88 bits per heavy atom. The SMILES string of the molecule is Cc1ccc(CNCCc2ccn(C)n2)o1. The van der Waals surface area contributed by atoms with E-state index in [0.717, 1.165) is 36.7 Å². The fourth-order valence-corrected chi connectivity index (χ4v) is 1.60. The zero-order valence-corrected chi connectivity index (χ0v) is 9.73. The fraction of sp³-hybridized carbons (Fsp3) is 0.417. The number of aromatic nitrogens is 2. The van der Waals surface area contributed by atoms with E-state index < -0.39 is 0 Å². The first-order chi connectivity index (χ1) is 7.74. The van der Waals surface area contributed by atoms with Crippen LogP contribution in [0.5, 0.6) is 0 Å². The minimum Gasteiger partial charge on any atom is -0.465 e. The molecule has 0 saturated heterocycles. The van der Waals surface area contributed by atoms with E-state index in [-0.39, 0.29) is 0 Å². The normalized spacial score (nSPS) is 10.9. The predicted octanol–water partition coefficient (Wildman–Crippen LogP) is 1.65. The van der Waals surface area contributed by atoms with Gasteiger partial charge in [-0.25, -0.2) is 0 Å². The maximum absolute atomic E-state index is 5.46. The van der Waals surface area contributed by atoms with Crippen molar-refractivity contribution in [2.75, 3.05) is 6.54 Å². The largest absolute Gasteiger partial charge is 0.465 e. The van der Waals surface area contributed by atoms with Gasteiger partial charge in [0.1, 0.15) is 11.5 Å². The smallest absolute Gasteiger partial charge is 0.117 e. The van der Waals surface area contributed by atoms with Crippen LogP contribution in [0.2, 0.25) is 0 Å². The molecule has 0 bridgehead atoms. The lowest BCUT2D eigenvalue weighted by Crippen LogP contribution is -2.16. The Morgan fingerprint density at radius 1 is 1.38 bits per heavy atom. The Kier molecular flexibility index (Phi) is 3.41. The first kappa shape index (κ1) is 11.0. The van der Waals surface area contributed by atoms with Crippen LogP contribution in [-0.2, 0) is 20.0 Å². The highest BCUT2D eigenvalue weighted by Gasteiger charge is 1.99. The van der Waals surface area contributed by atoms with Crippen molar-refractivity contribution >= 4 is 0 Å². The summed E-state index contributed by atoms with van der Waals surface area (Å²) in [5.74, 6) is 1.94. The highest BCUT2D eigenvalue weighted by molar-refractivity contribution is 5.05. The van der Waals surface area contributed by atoms with Crippen molar-refractivity contribution in [1.82, 2.24) is 15.1 Å². The molecule has 4 heteroatoms. The highest BCUT2D eigenvalue weighted by Crippen LogP contribution is 2.05. The molecule has 0 aliphatic rings. The molecular formula is C12H17N3O. The monoisotopic (exact) mass is 219 g/mol. The molecule has 0 aliphatic heterocycles. The summed E-state index contributed by atoms with van der Waals surface area (Å²) in [6.07, 6.45) is 2.91. The molecule has 86 valence electrons. The van der Waals surface area contributed by atoms with Gasteiger partial charge in [0.05, 0.1) is 12.2 Å². The van der Waals surface area contributed by atoms with E-state index in [1.54, 1.807) is 0 Å². The van der Waals surface area contributed by atoms with Gasteiger partial charge < -0.3 is 9.73 Å². The Morgan fingerprint density at radius 2 is 2.25 bits per heavy atom. The molecule has 0 radical (unpaired) electrons. The maximum atomic E-state index is 5.46. The number of aryl methyl sites for hydroxylation is 2. The van der Waals surface area contributed by atoms with Crippen LogP contribution in [-0.4, -0.2) is 16.3 Å². The summed E-state index contributed by atoms with van der Waals surface area (Å²) in [5, 5.41) is 7.64. The van der Waals surface area contributed by atoms with Gasteiger partial charge in [-0.1, -0.05) is 0 Å². The van der Waals surface area contributed by atoms with Gasteiger partial charge in [0.15, 0.2) is 0 Å². The van der Waals surface area contributed by atoms with Crippen molar-refractivity contribution < 1.29 is 4.42 Å². The molecule has 2 heterocycles. The summed E-state index contributed by atoms with van der Waals surface area (Å²) in [6.45, 7) is 3.65. The molecule has 2 aromatic heterocycles. The maximum Gasteiger partial charge on any atom is 0.117 e.